The van der Waals surface area contributed by atoms with Gasteiger partial charge in [0, 0.05) is 11.6 Å². The van der Waals surface area contributed by atoms with Crippen molar-refractivity contribution in [3.63, 3.8) is 0 Å². The molecule has 0 bridgehead atoms. The largest absolute Gasteiger partial charge is 0.459 e. The topological polar surface area (TPSA) is 86.0 Å². The number of piperidine rings is 1. The molecule has 1 aliphatic rings. The van der Waals surface area contributed by atoms with Crippen molar-refractivity contribution in [3.05, 3.63) is 36.4 Å². The minimum absolute atomic E-state index is 0.404. The van der Waals surface area contributed by atoms with Gasteiger partial charge in [0.2, 0.25) is 5.89 Å². The van der Waals surface area contributed by atoms with Gasteiger partial charge in [-0.15, -0.1) is 10.2 Å². The molecule has 1 atom stereocenters. The monoisotopic (exact) mass is 328 g/mol. The summed E-state index contributed by atoms with van der Waals surface area (Å²) in [5.74, 6) is 1.70. The zero-order chi connectivity index (χ0) is 16.4. The van der Waals surface area contributed by atoms with E-state index in [0.29, 0.717) is 30.1 Å². The molecular formula is C16H20N6O2. The second-order valence-corrected chi connectivity index (χ2v) is 6.17. The average Bonchev–Trinajstić information content (AvgIpc) is 3.31. The molecule has 0 amide bonds. The summed E-state index contributed by atoms with van der Waals surface area (Å²) >= 11 is 0. The van der Waals surface area contributed by atoms with E-state index in [1.54, 1.807) is 18.9 Å². The lowest BCUT2D eigenvalue weighted by atomic mass is 10.0. The molecule has 0 radical (unpaired) electrons. The smallest absolute Gasteiger partial charge is 0.283 e. The summed E-state index contributed by atoms with van der Waals surface area (Å²) in [6, 6.07) is 2.29. The maximum absolute atomic E-state index is 5.80. The standard InChI is InChI=1S/C16H20N6O2/c1-12-5-7-23-15(12)16-20-19-14(24-16)9-21-6-3-2-4-13(21)8-22-11-17-10-18-22/h5,7,10-11,13H,2-4,6,8-9H2,1H3. The van der Waals surface area contributed by atoms with Crippen LogP contribution in [-0.4, -0.2) is 42.4 Å². The van der Waals surface area contributed by atoms with Crippen molar-refractivity contribution in [2.24, 2.45) is 0 Å². The van der Waals surface area contributed by atoms with Crippen LogP contribution in [0.2, 0.25) is 0 Å². The molecule has 0 spiro atoms. The SMILES string of the molecule is Cc1ccoc1-c1nnc(CN2CCCCC2Cn2cncn2)o1. The second kappa shape index (κ2) is 6.56. The zero-order valence-electron chi connectivity index (χ0n) is 13.6. The molecule has 4 rings (SSSR count). The third-order valence-electron chi connectivity index (χ3n) is 4.47. The molecule has 8 heteroatoms. The Labute approximate surface area is 139 Å². The van der Waals surface area contributed by atoms with E-state index in [1.807, 2.05) is 17.7 Å². The van der Waals surface area contributed by atoms with Crippen molar-refractivity contribution in [3.8, 4) is 11.7 Å². The van der Waals surface area contributed by atoms with Crippen LogP contribution >= 0.6 is 0 Å². The molecule has 0 aliphatic carbocycles. The minimum atomic E-state index is 0.404. The van der Waals surface area contributed by atoms with Crippen LogP contribution in [0.25, 0.3) is 11.7 Å². The Balaban J connectivity index is 1.47. The highest BCUT2D eigenvalue weighted by molar-refractivity contribution is 5.49. The Kier molecular flexibility index (Phi) is 4.12. The maximum Gasteiger partial charge on any atom is 0.283 e. The van der Waals surface area contributed by atoms with Gasteiger partial charge in [-0.3, -0.25) is 9.58 Å². The molecule has 1 unspecified atom stereocenters. The number of aromatic nitrogens is 5. The summed E-state index contributed by atoms with van der Waals surface area (Å²) in [6.07, 6.45) is 8.52. The summed E-state index contributed by atoms with van der Waals surface area (Å²) in [6.45, 7) is 4.46. The van der Waals surface area contributed by atoms with Gasteiger partial charge in [-0.1, -0.05) is 6.42 Å². The van der Waals surface area contributed by atoms with E-state index >= 15 is 0 Å². The van der Waals surface area contributed by atoms with Crippen LogP contribution in [0, 0.1) is 6.92 Å². The lowest BCUT2D eigenvalue weighted by molar-refractivity contribution is 0.111. The first-order valence-corrected chi connectivity index (χ1v) is 8.23. The highest BCUT2D eigenvalue weighted by atomic mass is 16.4. The molecule has 0 saturated carbocycles. The minimum Gasteiger partial charge on any atom is -0.459 e. The van der Waals surface area contributed by atoms with Gasteiger partial charge < -0.3 is 8.83 Å². The predicted octanol–water partition coefficient (Wildman–Crippen LogP) is 2.28. The molecule has 24 heavy (non-hydrogen) atoms. The fraction of sp³-hybridized carbons (Fsp3) is 0.500. The van der Waals surface area contributed by atoms with E-state index in [-0.39, 0.29) is 0 Å². The molecule has 3 aromatic heterocycles. The highest BCUT2D eigenvalue weighted by Crippen LogP contribution is 2.25. The number of rotatable bonds is 5. The van der Waals surface area contributed by atoms with Gasteiger partial charge in [0.15, 0.2) is 5.76 Å². The van der Waals surface area contributed by atoms with E-state index in [4.69, 9.17) is 8.83 Å². The van der Waals surface area contributed by atoms with Gasteiger partial charge in [0.05, 0.1) is 19.4 Å². The Bertz CT molecular complexity index is 778. The molecule has 0 N–H and O–H groups in total. The van der Waals surface area contributed by atoms with Crippen LogP contribution in [0.3, 0.4) is 0 Å². The van der Waals surface area contributed by atoms with E-state index in [2.05, 4.69) is 25.2 Å². The molecule has 1 aliphatic heterocycles. The molecule has 1 saturated heterocycles. The average molecular weight is 328 g/mol. The Morgan fingerprint density at radius 1 is 1.29 bits per heavy atom. The molecule has 0 aromatic carbocycles. The zero-order valence-corrected chi connectivity index (χ0v) is 13.6. The van der Waals surface area contributed by atoms with Gasteiger partial charge in [0.25, 0.3) is 5.89 Å². The van der Waals surface area contributed by atoms with Crippen LogP contribution in [0.4, 0.5) is 0 Å². The van der Waals surface area contributed by atoms with Crippen LogP contribution in [0.15, 0.2) is 33.8 Å². The quantitative estimate of drug-likeness (QED) is 0.710. The van der Waals surface area contributed by atoms with Gasteiger partial charge in [0.1, 0.15) is 12.7 Å². The third-order valence-corrected chi connectivity index (χ3v) is 4.47. The highest BCUT2D eigenvalue weighted by Gasteiger charge is 2.25. The number of hydrogen-bond acceptors (Lipinski definition) is 7. The normalized spacial score (nSPS) is 19.0. The molecule has 4 heterocycles. The summed E-state index contributed by atoms with van der Waals surface area (Å²) < 4.78 is 13.1. The van der Waals surface area contributed by atoms with Crippen molar-refractivity contribution in [1.29, 1.82) is 0 Å². The second-order valence-electron chi connectivity index (χ2n) is 6.17. The van der Waals surface area contributed by atoms with Crippen molar-refractivity contribution < 1.29 is 8.83 Å². The van der Waals surface area contributed by atoms with Crippen molar-refractivity contribution in [2.75, 3.05) is 6.54 Å². The Hall–Kier alpha value is -2.48. The van der Waals surface area contributed by atoms with Gasteiger partial charge in [-0.2, -0.15) is 5.10 Å². The van der Waals surface area contributed by atoms with E-state index in [9.17, 15) is 0 Å². The Morgan fingerprint density at radius 3 is 3.04 bits per heavy atom. The summed E-state index contributed by atoms with van der Waals surface area (Å²) in [5.41, 5.74) is 0.993. The van der Waals surface area contributed by atoms with Crippen molar-refractivity contribution in [1.82, 2.24) is 29.9 Å². The first kappa shape index (κ1) is 15.1. The lowest BCUT2D eigenvalue weighted by Gasteiger charge is -2.34. The first-order valence-electron chi connectivity index (χ1n) is 8.23. The maximum atomic E-state index is 5.80. The molecule has 8 nitrogen and oxygen atoms in total. The van der Waals surface area contributed by atoms with Gasteiger partial charge in [-0.25, -0.2) is 4.98 Å². The predicted molar refractivity (Wildman–Crippen MR) is 84.8 cm³/mol. The molecule has 1 fully saturated rings. The van der Waals surface area contributed by atoms with Crippen molar-refractivity contribution >= 4 is 0 Å². The van der Waals surface area contributed by atoms with Crippen LogP contribution in [-0.2, 0) is 13.1 Å². The van der Waals surface area contributed by atoms with Crippen LogP contribution in [0.1, 0.15) is 30.7 Å². The van der Waals surface area contributed by atoms with E-state index in [1.165, 1.54) is 12.8 Å². The number of aryl methyl sites for hydroxylation is 1. The molecular weight excluding hydrogens is 308 g/mol. The number of furan rings is 1. The van der Waals surface area contributed by atoms with E-state index < -0.39 is 0 Å². The lowest BCUT2D eigenvalue weighted by Crippen LogP contribution is -2.41. The third kappa shape index (κ3) is 3.09. The van der Waals surface area contributed by atoms with Gasteiger partial charge >= 0.3 is 0 Å². The van der Waals surface area contributed by atoms with E-state index in [0.717, 1.165) is 25.1 Å². The number of nitrogens with zero attached hydrogens (tertiary/aromatic N) is 6. The fourth-order valence-corrected chi connectivity index (χ4v) is 3.19. The summed E-state index contributed by atoms with van der Waals surface area (Å²) in [7, 11) is 0. The van der Waals surface area contributed by atoms with Crippen LogP contribution < -0.4 is 0 Å². The molecule has 3 aromatic rings. The summed E-state index contributed by atoms with van der Waals surface area (Å²) in [4.78, 5) is 6.41. The number of likely N-dealkylation sites (tertiary alicyclic amines) is 1. The Morgan fingerprint density at radius 2 is 2.25 bits per heavy atom. The number of hydrogen-bond donors (Lipinski definition) is 0. The first-order chi connectivity index (χ1) is 11.8. The van der Waals surface area contributed by atoms with Crippen molar-refractivity contribution in [2.45, 2.75) is 45.3 Å². The van der Waals surface area contributed by atoms with Gasteiger partial charge in [-0.05, 0) is 32.4 Å². The fourth-order valence-electron chi connectivity index (χ4n) is 3.19. The molecule has 126 valence electrons. The van der Waals surface area contributed by atoms with Crippen LogP contribution in [0.5, 0.6) is 0 Å². The summed E-state index contributed by atoms with van der Waals surface area (Å²) in [5, 5.41) is 12.5.